The third kappa shape index (κ3) is 7.46. The number of hydrogen-bond donors (Lipinski definition) is 3. The summed E-state index contributed by atoms with van der Waals surface area (Å²) in [7, 11) is 1.64. The summed E-state index contributed by atoms with van der Waals surface area (Å²) in [4.78, 5) is 29.3. The quantitative estimate of drug-likeness (QED) is 0.132. The fraction of sp³-hybridized carbons (Fsp3) is 0.474. The molecule has 1 heterocycles. The number of anilines is 1. The molecule has 46 heavy (non-hydrogen) atoms. The number of rotatable bonds is 9. The number of aliphatic hydroxyl groups is 2. The number of benzene rings is 2. The van der Waals surface area contributed by atoms with E-state index in [1.165, 1.54) is 11.8 Å². The van der Waals surface area contributed by atoms with Crippen molar-refractivity contribution >= 4 is 17.5 Å². The molecule has 2 amide bonds. The zero-order valence-corrected chi connectivity index (χ0v) is 27.3. The fourth-order valence-electron chi connectivity index (χ4n) is 7.43. The molecule has 0 aliphatic heterocycles. The summed E-state index contributed by atoms with van der Waals surface area (Å²) < 4.78 is 10.8. The van der Waals surface area contributed by atoms with Gasteiger partial charge in [0.15, 0.2) is 5.76 Å². The maximum absolute atomic E-state index is 13.9. The van der Waals surface area contributed by atoms with E-state index >= 15 is 0 Å². The van der Waals surface area contributed by atoms with Crippen molar-refractivity contribution in [3.63, 3.8) is 0 Å². The monoisotopic (exact) mass is 628 g/mol. The second-order valence-electron chi connectivity index (χ2n) is 13.3. The molecule has 4 atom stereocenters. The van der Waals surface area contributed by atoms with Crippen molar-refractivity contribution in [2.75, 3.05) is 32.1 Å². The number of methoxy groups -OCH3 is 1. The number of ether oxygens (including phenoxy) is 1. The zero-order chi connectivity index (χ0) is 32.7. The molecule has 1 saturated carbocycles. The number of urea groups is 1. The van der Waals surface area contributed by atoms with E-state index in [0.29, 0.717) is 62.9 Å². The highest BCUT2D eigenvalue weighted by molar-refractivity contribution is 6.08. The Hall–Kier alpha value is -3.72. The zero-order valence-electron chi connectivity index (χ0n) is 27.3. The fourth-order valence-corrected chi connectivity index (χ4v) is 7.43. The Kier molecular flexibility index (Phi) is 10.8. The SMILES string of the molecule is COCCCN(CC1(O)CCC2c3ccc(cc3C(=O)c3ccco3)CC(O)CCC(C)=CCCC21C)C(=O)Nc1ccccc1. The second kappa shape index (κ2) is 14.8. The first-order chi connectivity index (χ1) is 22.1. The third-order valence-corrected chi connectivity index (χ3v) is 10.2. The molecule has 3 aliphatic rings. The van der Waals surface area contributed by atoms with Crippen molar-refractivity contribution in [2.45, 2.75) is 82.8 Å². The molecule has 246 valence electrons. The van der Waals surface area contributed by atoms with Crippen LogP contribution in [0.2, 0.25) is 0 Å². The second-order valence-corrected chi connectivity index (χ2v) is 13.3. The number of para-hydroxylation sites is 1. The van der Waals surface area contributed by atoms with Gasteiger partial charge in [0.1, 0.15) is 0 Å². The van der Waals surface area contributed by atoms with E-state index in [-0.39, 0.29) is 30.0 Å². The minimum Gasteiger partial charge on any atom is -0.461 e. The molecular formula is C38H48N2O6. The van der Waals surface area contributed by atoms with Crippen LogP contribution in [0.1, 0.15) is 92.0 Å². The Bertz CT molecular complexity index is 1500. The summed E-state index contributed by atoms with van der Waals surface area (Å²) in [5.41, 5.74) is 2.32. The van der Waals surface area contributed by atoms with Gasteiger partial charge in [0.05, 0.1) is 24.5 Å². The molecule has 1 aromatic heterocycles. The van der Waals surface area contributed by atoms with Crippen molar-refractivity contribution < 1.29 is 29.0 Å². The Balaban J connectivity index is 1.54. The van der Waals surface area contributed by atoms with Gasteiger partial charge in [-0.3, -0.25) is 4.79 Å². The summed E-state index contributed by atoms with van der Waals surface area (Å²) >= 11 is 0. The Morgan fingerprint density at radius 2 is 1.89 bits per heavy atom. The number of hydrogen-bond acceptors (Lipinski definition) is 6. The molecule has 8 heteroatoms. The van der Waals surface area contributed by atoms with Gasteiger partial charge in [0.25, 0.3) is 0 Å². The highest BCUT2D eigenvalue weighted by Crippen LogP contribution is 2.59. The van der Waals surface area contributed by atoms with Crippen LogP contribution >= 0.6 is 0 Å². The summed E-state index contributed by atoms with van der Waals surface area (Å²) in [6, 6.07) is 18.4. The Morgan fingerprint density at radius 3 is 2.63 bits per heavy atom. The van der Waals surface area contributed by atoms with Gasteiger partial charge in [-0.25, -0.2) is 4.79 Å². The number of nitrogens with zero attached hydrogens (tertiary/aromatic N) is 1. The van der Waals surface area contributed by atoms with Crippen LogP contribution in [0.3, 0.4) is 0 Å². The van der Waals surface area contributed by atoms with Gasteiger partial charge in [-0.15, -0.1) is 0 Å². The van der Waals surface area contributed by atoms with E-state index in [4.69, 9.17) is 9.15 Å². The van der Waals surface area contributed by atoms with Crippen LogP contribution in [-0.2, 0) is 11.2 Å². The lowest BCUT2D eigenvalue weighted by atomic mass is 9.64. The van der Waals surface area contributed by atoms with Crippen LogP contribution in [0.15, 0.2) is 83.0 Å². The molecular weight excluding hydrogens is 580 g/mol. The molecule has 3 N–H and O–H groups in total. The summed E-state index contributed by atoms with van der Waals surface area (Å²) in [6.07, 6.45) is 8.21. The molecule has 0 spiro atoms. The first kappa shape index (κ1) is 33.6. The summed E-state index contributed by atoms with van der Waals surface area (Å²) in [5.74, 6) is -0.101. The van der Waals surface area contributed by atoms with E-state index < -0.39 is 17.1 Å². The van der Waals surface area contributed by atoms with Crippen molar-refractivity contribution in [1.29, 1.82) is 0 Å². The lowest BCUT2D eigenvalue weighted by Gasteiger charge is -2.46. The van der Waals surface area contributed by atoms with Crippen molar-refractivity contribution in [1.82, 2.24) is 4.90 Å². The smallest absolute Gasteiger partial charge is 0.321 e. The lowest BCUT2D eigenvalue weighted by molar-refractivity contribution is -0.0767. The van der Waals surface area contributed by atoms with Crippen molar-refractivity contribution in [2.24, 2.45) is 5.41 Å². The van der Waals surface area contributed by atoms with Gasteiger partial charge in [0.2, 0.25) is 5.78 Å². The molecule has 6 rings (SSSR count). The number of ketones is 1. The van der Waals surface area contributed by atoms with E-state index in [9.17, 15) is 19.8 Å². The number of carbonyl (C=O) groups excluding carboxylic acids is 2. The largest absolute Gasteiger partial charge is 0.461 e. The molecule has 3 aromatic rings. The van der Waals surface area contributed by atoms with Gasteiger partial charge in [-0.2, -0.15) is 0 Å². The predicted molar refractivity (Wildman–Crippen MR) is 179 cm³/mol. The van der Waals surface area contributed by atoms with Crippen LogP contribution in [0.5, 0.6) is 0 Å². The summed E-state index contributed by atoms with van der Waals surface area (Å²) in [6.45, 7) is 5.29. The van der Waals surface area contributed by atoms with E-state index in [0.717, 1.165) is 24.0 Å². The number of aliphatic hydroxyl groups excluding tert-OH is 1. The number of furan rings is 1. The average Bonchev–Trinajstić information content (AvgIpc) is 3.67. The highest BCUT2D eigenvalue weighted by atomic mass is 16.5. The molecule has 8 nitrogen and oxygen atoms in total. The normalized spacial score (nSPS) is 24.9. The Labute approximate surface area is 272 Å². The maximum atomic E-state index is 13.9. The first-order valence-corrected chi connectivity index (χ1v) is 16.5. The van der Waals surface area contributed by atoms with Gasteiger partial charge >= 0.3 is 6.03 Å². The molecule has 0 radical (unpaired) electrons. The number of amides is 2. The predicted octanol–water partition coefficient (Wildman–Crippen LogP) is 7.12. The minimum atomic E-state index is -1.22. The van der Waals surface area contributed by atoms with Crippen LogP contribution in [0.4, 0.5) is 10.5 Å². The molecule has 2 bridgehead atoms. The van der Waals surface area contributed by atoms with E-state index in [2.05, 4.69) is 25.2 Å². The van der Waals surface area contributed by atoms with Crippen LogP contribution in [-0.4, -0.2) is 65.4 Å². The molecule has 0 saturated heterocycles. The van der Waals surface area contributed by atoms with Gasteiger partial charge in [-0.1, -0.05) is 48.9 Å². The number of fused-ring (bicyclic) bond motifs is 8. The highest BCUT2D eigenvalue weighted by Gasteiger charge is 2.57. The third-order valence-electron chi connectivity index (χ3n) is 10.2. The van der Waals surface area contributed by atoms with Crippen molar-refractivity contribution in [3.05, 3.63) is 101 Å². The molecule has 4 unspecified atom stereocenters. The topological polar surface area (TPSA) is 112 Å². The van der Waals surface area contributed by atoms with E-state index in [1.807, 2.05) is 48.5 Å². The first-order valence-electron chi connectivity index (χ1n) is 16.5. The standard InChI is InChI=1S/C38H48N2O6/c1-27-10-7-19-37(2)33(31-17-15-28(24-30(41)16-14-27)25-32(31)35(42)34-13-8-23-46-34)18-20-38(37,44)26-40(21-9-22-45-3)36(43)39-29-11-5-4-6-12-29/h4-6,8,10-13,15,17,23,25,30,33,41,44H,7,9,14,16,18-22,24,26H2,1-3H3,(H,39,43). The summed E-state index contributed by atoms with van der Waals surface area (Å²) in [5, 5.41) is 26.6. The number of nitrogens with one attached hydrogen (secondary N) is 1. The molecule has 1 fully saturated rings. The maximum Gasteiger partial charge on any atom is 0.321 e. The number of carbonyl (C=O) groups is 2. The van der Waals surface area contributed by atoms with Crippen LogP contribution < -0.4 is 5.32 Å². The van der Waals surface area contributed by atoms with Gasteiger partial charge < -0.3 is 29.6 Å². The Morgan fingerprint density at radius 1 is 1.09 bits per heavy atom. The van der Waals surface area contributed by atoms with Crippen LogP contribution in [0, 0.1) is 5.41 Å². The lowest BCUT2D eigenvalue weighted by Crippen LogP contribution is -2.54. The van der Waals surface area contributed by atoms with Crippen LogP contribution in [0.25, 0.3) is 0 Å². The molecule has 2 aromatic carbocycles. The molecule has 3 aliphatic carbocycles. The minimum absolute atomic E-state index is 0.150. The van der Waals surface area contributed by atoms with E-state index in [1.54, 1.807) is 24.1 Å². The average molecular weight is 629 g/mol. The van der Waals surface area contributed by atoms with Gasteiger partial charge in [-0.05, 0) is 106 Å². The number of allylic oxidation sites excluding steroid dienone is 2. The van der Waals surface area contributed by atoms with Gasteiger partial charge in [0, 0.05) is 36.9 Å². The van der Waals surface area contributed by atoms with Crippen molar-refractivity contribution in [3.8, 4) is 0 Å².